The summed E-state index contributed by atoms with van der Waals surface area (Å²) in [6.45, 7) is 4.82. The number of amides is 2. The van der Waals surface area contributed by atoms with Gasteiger partial charge in [-0.3, -0.25) is 19.2 Å². The second-order valence-electron chi connectivity index (χ2n) is 15.1. The summed E-state index contributed by atoms with van der Waals surface area (Å²) < 4.78 is 15.4. The van der Waals surface area contributed by atoms with E-state index in [-0.39, 0.29) is 38.8 Å². The van der Waals surface area contributed by atoms with Crippen molar-refractivity contribution in [3.8, 4) is 0 Å². The summed E-state index contributed by atoms with van der Waals surface area (Å²) in [5.74, 6) is -2.60. The molecule has 2 N–H and O–H groups in total. The first-order valence-electron chi connectivity index (χ1n) is 22.3. The van der Waals surface area contributed by atoms with E-state index in [1.54, 1.807) is 0 Å². The van der Waals surface area contributed by atoms with E-state index in [2.05, 4.69) is 29.2 Å². The molecule has 0 saturated carbocycles. The van der Waals surface area contributed by atoms with Crippen molar-refractivity contribution in [3.63, 3.8) is 0 Å². The Labute approximate surface area is 330 Å². The first kappa shape index (κ1) is 51.4. The van der Waals surface area contributed by atoms with Gasteiger partial charge in [-0.2, -0.15) is 0 Å². The minimum atomic E-state index is -1.02. The molecule has 1 unspecified atom stereocenters. The largest absolute Gasteiger partial charge is 0.468 e. The summed E-state index contributed by atoms with van der Waals surface area (Å²) in [6.07, 6.45) is 34.5. The summed E-state index contributed by atoms with van der Waals surface area (Å²) in [4.78, 5) is 61.3. The lowest BCUT2D eigenvalue weighted by molar-refractivity contribution is -0.149. The molecule has 0 aliphatic heterocycles. The molecule has 0 aromatic heterocycles. The lowest BCUT2D eigenvalue weighted by Gasteiger charge is -2.17. The number of methoxy groups -OCH3 is 1. The van der Waals surface area contributed by atoms with Crippen LogP contribution in [0.3, 0.4) is 0 Å². The van der Waals surface area contributed by atoms with Gasteiger partial charge in [-0.05, 0) is 19.3 Å². The Morgan fingerprint density at radius 3 is 1.22 bits per heavy atom. The first-order chi connectivity index (χ1) is 26.3. The Hall–Kier alpha value is -2.65. The van der Waals surface area contributed by atoms with E-state index >= 15 is 0 Å². The zero-order valence-electron chi connectivity index (χ0n) is 35.1. The molecular weight excluding hydrogens is 684 g/mol. The zero-order valence-corrected chi connectivity index (χ0v) is 35.1. The van der Waals surface area contributed by atoms with E-state index in [0.29, 0.717) is 6.61 Å². The molecule has 0 radical (unpaired) electrons. The number of hydrogen-bond acceptors (Lipinski definition) is 8. The van der Waals surface area contributed by atoms with Gasteiger partial charge in [-0.1, -0.05) is 181 Å². The molecular formula is C44H82N2O8. The average Bonchev–Trinajstić information content (AvgIpc) is 3.17. The molecule has 0 saturated heterocycles. The van der Waals surface area contributed by atoms with E-state index in [1.165, 1.54) is 148 Å². The van der Waals surface area contributed by atoms with Crippen molar-refractivity contribution in [2.24, 2.45) is 0 Å². The van der Waals surface area contributed by atoms with Gasteiger partial charge in [0.25, 0.3) is 0 Å². The van der Waals surface area contributed by atoms with Crippen LogP contribution in [0.25, 0.3) is 0 Å². The Bertz CT molecular complexity index is 928. The number of ether oxygens (including phenoxy) is 3. The number of carbonyl (C=O) groups excluding carboxylic acids is 5. The molecule has 0 spiro atoms. The number of nitrogens with one attached hydrogen (secondary N) is 2. The van der Waals surface area contributed by atoms with Crippen molar-refractivity contribution in [3.05, 3.63) is 0 Å². The summed E-state index contributed by atoms with van der Waals surface area (Å²) in [5, 5.41) is 5.02. The minimum absolute atomic E-state index is 0.0306. The molecule has 316 valence electrons. The van der Waals surface area contributed by atoms with E-state index in [4.69, 9.17) is 9.47 Å². The van der Waals surface area contributed by atoms with Crippen LogP contribution in [0, 0.1) is 0 Å². The highest BCUT2D eigenvalue weighted by Gasteiger charge is 2.24. The topological polar surface area (TPSA) is 137 Å². The van der Waals surface area contributed by atoms with E-state index < -0.39 is 35.8 Å². The molecule has 2 amide bonds. The highest BCUT2D eigenvalue weighted by molar-refractivity contribution is 5.88. The predicted octanol–water partition coefficient (Wildman–Crippen LogP) is 10.4. The normalized spacial score (nSPS) is 11.5. The van der Waals surface area contributed by atoms with Crippen LogP contribution in [-0.4, -0.2) is 62.6 Å². The van der Waals surface area contributed by atoms with Gasteiger partial charge in [0.2, 0.25) is 11.8 Å². The quantitative estimate of drug-likeness (QED) is 0.0357. The molecule has 0 heterocycles. The van der Waals surface area contributed by atoms with Crippen LogP contribution in [0.4, 0.5) is 0 Å². The van der Waals surface area contributed by atoms with Crippen molar-refractivity contribution in [2.45, 2.75) is 225 Å². The third kappa shape index (κ3) is 36.3. The smallest absolute Gasteiger partial charge is 0.328 e. The first-order valence-corrected chi connectivity index (χ1v) is 22.3. The maximum atomic E-state index is 13.0. The van der Waals surface area contributed by atoms with Gasteiger partial charge in [0.05, 0.1) is 20.3 Å². The second kappa shape index (κ2) is 40.0. The molecule has 0 aromatic rings. The van der Waals surface area contributed by atoms with E-state index in [0.717, 1.165) is 38.5 Å². The SMILES string of the molecule is CCCCCCCCCCCCCCCCOC(=O)CCC(NC(=O)CCC(=O)NCC(=O)OC)C(=O)OCCCCCCCCCCCCCCCC. The number of rotatable bonds is 40. The maximum Gasteiger partial charge on any atom is 0.328 e. The molecule has 0 bridgehead atoms. The van der Waals surface area contributed by atoms with Gasteiger partial charge < -0.3 is 24.8 Å². The maximum absolute atomic E-state index is 13.0. The van der Waals surface area contributed by atoms with Gasteiger partial charge in [0, 0.05) is 19.3 Å². The molecule has 0 aliphatic rings. The van der Waals surface area contributed by atoms with Crippen LogP contribution in [-0.2, 0) is 38.2 Å². The second-order valence-corrected chi connectivity index (χ2v) is 15.1. The molecule has 0 rings (SSSR count). The highest BCUT2D eigenvalue weighted by Crippen LogP contribution is 2.15. The Kier molecular flexibility index (Phi) is 38.1. The van der Waals surface area contributed by atoms with Crippen LogP contribution in [0.5, 0.6) is 0 Å². The van der Waals surface area contributed by atoms with Crippen LogP contribution < -0.4 is 10.6 Å². The standard InChI is InChI=1S/C44H82N2O8/c1-4-6-8-10-12-14-16-18-20-22-24-26-28-30-36-53-42(49)35-32-39(46-41(48)34-33-40(47)45-38-43(50)52-3)44(51)54-37-31-29-27-25-23-21-19-17-15-13-11-9-7-5-2/h39H,4-38H2,1-3H3,(H,45,47)(H,46,48). The van der Waals surface area contributed by atoms with E-state index in [9.17, 15) is 24.0 Å². The fourth-order valence-corrected chi connectivity index (χ4v) is 6.46. The van der Waals surface area contributed by atoms with Gasteiger partial charge in [0.15, 0.2) is 0 Å². The van der Waals surface area contributed by atoms with Crippen LogP contribution >= 0.6 is 0 Å². The molecule has 54 heavy (non-hydrogen) atoms. The number of carbonyl (C=O) groups is 5. The van der Waals surface area contributed by atoms with Crippen molar-refractivity contribution in [1.29, 1.82) is 0 Å². The van der Waals surface area contributed by atoms with E-state index in [1.807, 2.05) is 0 Å². The fraction of sp³-hybridized carbons (Fsp3) is 0.886. The van der Waals surface area contributed by atoms with Gasteiger partial charge >= 0.3 is 17.9 Å². The molecule has 0 aliphatic carbocycles. The summed E-state index contributed by atoms with van der Waals surface area (Å²) in [6, 6.07) is -1.02. The van der Waals surface area contributed by atoms with Gasteiger partial charge in [-0.25, -0.2) is 4.79 Å². The monoisotopic (exact) mass is 767 g/mol. The molecule has 0 aromatic carbocycles. The number of esters is 3. The van der Waals surface area contributed by atoms with Crippen LogP contribution in [0.15, 0.2) is 0 Å². The lowest BCUT2D eigenvalue weighted by Crippen LogP contribution is -2.42. The fourth-order valence-electron chi connectivity index (χ4n) is 6.46. The summed E-state index contributed by atoms with van der Waals surface area (Å²) in [5.41, 5.74) is 0. The Balaban J connectivity index is 4.34. The van der Waals surface area contributed by atoms with Crippen molar-refractivity contribution >= 4 is 29.7 Å². The Morgan fingerprint density at radius 2 is 0.815 bits per heavy atom. The van der Waals surface area contributed by atoms with Crippen molar-refractivity contribution < 1.29 is 38.2 Å². The third-order valence-electron chi connectivity index (χ3n) is 10.00. The van der Waals surface area contributed by atoms with Crippen molar-refractivity contribution in [2.75, 3.05) is 26.9 Å². The molecule has 1 atom stereocenters. The summed E-state index contributed by atoms with van der Waals surface area (Å²) >= 11 is 0. The van der Waals surface area contributed by atoms with Crippen LogP contribution in [0.1, 0.15) is 219 Å². The number of unbranched alkanes of at least 4 members (excludes halogenated alkanes) is 26. The molecule has 0 fully saturated rings. The predicted molar refractivity (Wildman–Crippen MR) is 218 cm³/mol. The highest BCUT2D eigenvalue weighted by atomic mass is 16.5. The zero-order chi connectivity index (χ0) is 39.7. The third-order valence-corrected chi connectivity index (χ3v) is 10.00. The molecule has 10 heteroatoms. The van der Waals surface area contributed by atoms with Crippen molar-refractivity contribution in [1.82, 2.24) is 10.6 Å². The summed E-state index contributed by atoms with van der Waals surface area (Å²) in [7, 11) is 1.22. The average molecular weight is 767 g/mol. The minimum Gasteiger partial charge on any atom is -0.468 e. The number of hydrogen-bond donors (Lipinski definition) is 2. The molecule has 10 nitrogen and oxygen atoms in total. The lowest BCUT2D eigenvalue weighted by atomic mass is 10.0. The Morgan fingerprint density at radius 1 is 0.444 bits per heavy atom. The van der Waals surface area contributed by atoms with Gasteiger partial charge in [-0.15, -0.1) is 0 Å². The van der Waals surface area contributed by atoms with Crippen LogP contribution in [0.2, 0.25) is 0 Å². The van der Waals surface area contributed by atoms with Gasteiger partial charge in [0.1, 0.15) is 12.6 Å².